The molecule has 1 saturated carbocycles. The molecule has 3 rings (SSSR count). The zero-order valence-corrected chi connectivity index (χ0v) is 23.5. The first kappa shape index (κ1) is 29.0. The molecule has 1 atom stereocenters. The van der Waals surface area contributed by atoms with E-state index in [0.717, 1.165) is 43.1 Å². The lowest BCUT2D eigenvalue weighted by molar-refractivity contribution is -0.141. The van der Waals surface area contributed by atoms with Crippen molar-refractivity contribution in [1.82, 2.24) is 10.2 Å². The Hall–Kier alpha value is -2.58. The molecule has 2 aromatic rings. The Labute approximate surface area is 226 Å². The molecule has 1 aliphatic rings. The van der Waals surface area contributed by atoms with Crippen LogP contribution in [-0.4, -0.2) is 50.0 Å². The molecule has 1 aliphatic carbocycles. The van der Waals surface area contributed by atoms with Crippen LogP contribution in [0.25, 0.3) is 0 Å². The maximum atomic E-state index is 13.5. The predicted molar refractivity (Wildman–Crippen MR) is 149 cm³/mol. The van der Waals surface area contributed by atoms with Crippen molar-refractivity contribution in [3.05, 3.63) is 64.7 Å². The van der Waals surface area contributed by atoms with E-state index in [1.54, 1.807) is 29.2 Å². The average molecular weight is 548 g/mol. The number of anilines is 1. The van der Waals surface area contributed by atoms with Crippen molar-refractivity contribution in [2.24, 2.45) is 0 Å². The van der Waals surface area contributed by atoms with E-state index >= 15 is 0 Å². The van der Waals surface area contributed by atoms with Crippen LogP contribution in [0.15, 0.2) is 48.5 Å². The Kier molecular flexibility index (Phi) is 10.4. The highest BCUT2D eigenvalue weighted by Gasteiger charge is 2.30. The second-order valence-electron chi connectivity index (χ2n) is 9.84. The molecule has 0 aromatic heterocycles. The summed E-state index contributed by atoms with van der Waals surface area (Å²) in [6.07, 6.45) is 6.22. The van der Waals surface area contributed by atoms with E-state index in [1.807, 2.05) is 38.1 Å². The summed E-state index contributed by atoms with van der Waals surface area (Å²) in [5, 5.41) is 3.58. The smallest absolute Gasteiger partial charge is 0.243 e. The second-order valence-corrected chi connectivity index (χ2v) is 12.2. The lowest BCUT2D eigenvalue weighted by atomic mass is 10.1. The highest BCUT2D eigenvalue weighted by atomic mass is 35.5. The Morgan fingerprint density at radius 3 is 2.38 bits per heavy atom. The molecule has 0 bridgehead atoms. The summed E-state index contributed by atoms with van der Waals surface area (Å²) in [5.74, 6) is -0.292. The van der Waals surface area contributed by atoms with Gasteiger partial charge in [0.05, 0.1) is 11.9 Å². The zero-order valence-electron chi connectivity index (χ0n) is 22.0. The summed E-state index contributed by atoms with van der Waals surface area (Å²) in [6, 6.07) is 14.2. The molecule has 7 nitrogen and oxygen atoms in total. The molecule has 0 spiro atoms. The van der Waals surface area contributed by atoms with Gasteiger partial charge in [0.1, 0.15) is 6.04 Å². The van der Waals surface area contributed by atoms with Crippen LogP contribution in [0.3, 0.4) is 0 Å². The summed E-state index contributed by atoms with van der Waals surface area (Å²) in [4.78, 5) is 28.4. The third kappa shape index (κ3) is 8.47. The number of benzene rings is 2. The van der Waals surface area contributed by atoms with Gasteiger partial charge in [-0.2, -0.15) is 0 Å². The molecule has 1 unspecified atom stereocenters. The van der Waals surface area contributed by atoms with Crippen LogP contribution in [-0.2, 0) is 26.2 Å². The molecule has 0 aliphatic heterocycles. The van der Waals surface area contributed by atoms with Gasteiger partial charge in [0.2, 0.25) is 21.8 Å². The van der Waals surface area contributed by atoms with Crippen LogP contribution < -0.4 is 9.62 Å². The van der Waals surface area contributed by atoms with Gasteiger partial charge in [-0.05, 0) is 56.4 Å². The van der Waals surface area contributed by atoms with E-state index in [9.17, 15) is 18.0 Å². The van der Waals surface area contributed by atoms with E-state index in [1.165, 1.54) is 4.31 Å². The SMILES string of the molecule is CCC(C(=O)NC1CCCC1)N(Cc1ccc(C)cc1)C(=O)CCCN(c1cccc(Cl)c1)S(C)(=O)=O. The van der Waals surface area contributed by atoms with Gasteiger partial charge in [-0.1, -0.05) is 67.3 Å². The van der Waals surface area contributed by atoms with Gasteiger partial charge in [-0.25, -0.2) is 8.42 Å². The molecule has 2 amide bonds. The number of carbonyl (C=O) groups excluding carboxylic acids is 2. The van der Waals surface area contributed by atoms with Crippen LogP contribution in [0.4, 0.5) is 5.69 Å². The number of nitrogens with one attached hydrogen (secondary N) is 1. The molecule has 9 heteroatoms. The van der Waals surface area contributed by atoms with Gasteiger partial charge in [-0.15, -0.1) is 0 Å². The molecule has 1 fully saturated rings. The average Bonchev–Trinajstić information content (AvgIpc) is 3.35. The molecule has 2 aromatic carbocycles. The van der Waals surface area contributed by atoms with E-state index < -0.39 is 16.1 Å². The van der Waals surface area contributed by atoms with Gasteiger partial charge in [0.15, 0.2) is 0 Å². The number of nitrogens with zero attached hydrogens (tertiary/aromatic N) is 2. The fourth-order valence-electron chi connectivity index (χ4n) is 4.81. The van der Waals surface area contributed by atoms with Gasteiger partial charge < -0.3 is 10.2 Å². The zero-order chi connectivity index (χ0) is 27.0. The number of amides is 2. The van der Waals surface area contributed by atoms with Crippen molar-refractivity contribution in [2.45, 2.75) is 77.4 Å². The second kappa shape index (κ2) is 13.3. The van der Waals surface area contributed by atoms with Crippen LogP contribution in [0, 0.1) is 6.92 Å². The number of hydrogen-bond acceptors (Lipinski definition) is 4. The maximum Gasteiger partial charge on any atom is 0.243 e. The highest BCUT2D eigenvalue weighted by Crippen LogP contribution is 2.23. The summed E-state index contributed by atoms with van der Waals surface area (Å²) in [7, 11) is -3.57. The van der Waals surface area contributed by atoms with Crippen LogP contribution in [0.2, 0.25) is 5.02 Å². The number of aryl methyl sites for hydroxylation is 1. The first-order valence-electron chi connectivity index (χ1n) is 13.0. The molecule has 0 saturated heterocycles. The summed E-state index contributed by atoms with van der Waals surface area (Å²) in [6.45, 7) is 4.37. The number of carbonyl (C=O) groups is 2. The third-order valence-corrected chi connectivity index (χ3v) is 8.24. The minimum absolute atomic E-state index is 0.117. The van der Waals surface area contributed by atoms with Crippen molar-refractivity contribution >= 4 is 39.1 Å². The first-order valence-corrected chi connectivity index (χ1v) is 15.2. The van der Waals surface area contributed by atoms with Gasteiger partial charge in [0.25, 0.3) is 0 Å². The topological polar surface area (TPSA) is 86.8 Å². The fourth-order valence-corrected chi connectivity index (χ4v) is 5.95. The third-order valence-electron chi connectivity index (χ3n) is 6.81. The monoisotopic (exact) mass is 547 g/mol. The molecule has 0 heterocycles. The molecule has 37 heavy (non-hydrogen) atoms. The Morgan fingerprint density at radius 1 is 1.11 bits per heavy atom. The minimum atomic E-state index is -3.57. The Morgan fingerprint density at radius 2 is 1.78 bits per heavy atom. The van der Waals surface area contributed by atoms with Crippen molar-refractivity contribution in [3.63, 3.8) is 0 Å². The van der Waals surface area contributed by atoms with Crippen LogP contribution in [0.5, 0.6) is 0 Å². The fraction of sp³-hybridized carbons (Fsp3) is 0.500. The molecular weight excluding hydrogens is 510 g/mol. The number of sulfonamides is 1. The van der Waals surface area contributed by atoms with Gasteiger partial charge >= 0.3 is 0 Å². The lowest BCUT2D eigenvalue weighted by Gasteiger charge is -2.32. The maximum absolute atomic E-state index is 13.5. The molecular formula is C28H38ClN3O4S. The van der Waals surface area contributed by atoms with Crippen molar-refractivity contribution in [1.29, 1.82) is 0 Å². The predicted octanol–water partition coefficient (Wildman–Crippen LogP) is 5.06. The van der Waals surface area contributed by atoms with Crippen LogP contribution in [0.1, 0.15) is 63.0 Å². The van der Waals surface area contributed by atoms with Crippen molar-refractivity contribution < 1.29 is 18.0 Å². The Balaban J connectivity index is 1.75. The first-order chi connectivity index (χ1) is 17.6. The Bertz CT molecular complexity index is 1160. The lowest BCUT2D eigenvalue weighted by Crippen LogP contribution is -2.51. The summed E-state index contributed by atoms with van der Waals surface area (Å²) in [5.41, 5.74) is 2.53. The number of hydrogen-bond donors (Lipinski definition) is 1. The van der Waals surface area contributed by atoms with E-state index in [2.05, 4.69) is 5.32 Å². The van der Waals surface area contributed by atoms with E-state index in [4.69, 9.17) is 11.6 Å². The standard InChI is InChI=1S/C28H38ClN3O4S/c1-4-26(28(34)30-24-10-5-6-11-24)31(20-22-16-14-21(2)15-17-22)27(33)13-8-18-32(37(3,35)36)25-12-7-9-23(29)19-25/h7,9,12,14-17,19,24,26H,4-6,8,10-11,13,18,20H2,1-3H3,(H,30,34). The molecule has 0 radical (unpaired) electrons. The largest absolute Gasteiger partial charge is 0.352 e. The van der Waals surface area contributed by atoms with Gasteiger partial charge in [-0.3, -0.25) is 13.9 Å². The van der Waals surface area contributed by atoms with Crippen molar-refractivity contribution in [2.75, 3.05) is 17.1 Å². The quantitative estimate of drug-likeness (QED) is 0.402. The number of halogens is 1. The summed E-state index contributed by atoms with van der Waals surface area (Å²) >= 11 is 6.07. The van der Waals surface area contributed by atoms with Crippen molar-refractivity contribution in [3.8, 4) is 0 Å². The number of rotatable bonds is 12. The van der Waals surface area contributed by atoms with Gasteiger partial charge in [0, 0.05) is 30.6 Å². The highest BCUT2D eigenvalue weighted by molar-refractivity contribution is 7.92. The van der Waals surface area contributed by atoms with Crippen LogP contribution >= 0.6 is 11.6 Å². The normalized spacial score (nSPS) is 14.8. The minimum Gasteiger partial charge on any atom is -0.352 e. The van der Waals surface area contributed by atoms with E-state index in [-0.39, 0.29) is 30.8 Å². The molecule has 202 valence electrons. The van der Waals surface area contributed by atoms with E-state index in [0.29, 0.717) is 30.1 Å². The molecule has 1 N–H and O–H groups in total. The summed E-state index contributed by atoms with van der Waals surface area (Å²) < 4.78 is 26.2.